The largest absolute Gasteiger partial charge is 0.482 e. The average Bonchev–Trinajstić information content (AvgIpc) is 2.96. The van der Waals surface area contributed by atoms with Crippen LogP contribution in [-0.4, -0.2) is 56.8 Å². The van der Waals surface area contributed by atoms with E-state index < -0.39 is 34.4 Å². The first-order valence-corrected chi connectivity index (χ1v) is 10.0. The minimum Gasteiger partial charge on any atom is -0.482 e. The smallest absolute Gasteiger partial charge is 0.344 e. The second kappa shape index (κ2) is 8.79. The molecule has 1 amide bonds. The number of carbonyl (C=O) groups excluding carboxylic acids is 3. The molecule has 0 radical (unpaired) electrons. The maximum Gasteiger partial charge on any atom is 0.344 e. The van der Waals surface area contributed by atoms with E-state index in [2.05, 4.69) is 5.32 Å². The Labute approximate surface area is 151 Å². The average molecular weight is 383 g/mol. The third-order valence-corrected chi connectivity index (χ3v) is 5.58. The number of amides is 1. The predicted octanol–water partition coefficient (Wildman–Crippen LogP) is 0.505. The van der Waals surface area contributed by atoms with Crippen LogP contribution in [0.3, 0.4) is 0 Å². The summed E-state index contributed by atoms with van der Waals surface area (Å²) in [6.07, 6.45) is 0.767. The van der Waals surface area contributed by atoms with Crippen molar-refractivity contribution < 1.29 is 32.3 Å². The van der Waals surface area contributed by atoms with Gasteiger partial charge < -0.3 is 14.8 Å². The zero-order valence-electron chi connectivity index (χ0n) is 14.4. The van der Waals surface area contributed by atoms with Crippen molar-refractivity contribution in [2.45, 2.75) is 25.8 Å². The van der Waals surface area contributed by atoms with Crippen LogP contribution in [0.4, 0.5) is 0 Å². The Kier molecular flexibility index (Phi) is 6.73. The number of ether oxygens (including phenoxy) is 2. The van der Waals surface area contributed by atoms with Gasteiger partial charge in [-0.3, -0.25) is 9.59 Å². The number of esters is 1. The van der Waals surface area contributed by atoms with Gasteiger partial charge in [0.1, 0.15) is 5.75 Å². The minimum absolute atomic E-state index is 0.0111. The highest BCUT2D eigenvalue weighted by Gasteiger charge is 2.29. The molecule has 0 saturated carbocycles. The van der Waals surface area contributed by atoms with Gasteiger partial charge in [0.2, 0.25) is 0 Å². The summed E-state index contributed by atoms with van der Waals surface area (Å²) in [6.45, 7) is 0.888. The first-order valence-electron chi connectivity index (χ1n) is 8.20. The second-order valence-corrected chi connectivity index (χ2v) is 8.15. The van der Waals surface area contributed by atoms with Gasteiger partial charge in [-0.15, -0.1) is 0 Å². The quantitative estimate of drug-likeness (QED) is 0.513. The van der Waals surface area contributed by atoms with Crippen LogP contribution >= 0.6 is 0 Å². The standard InChI is InChI=1S/C17H21NO7S/c1-2-15(19)12-3-5-14(6-4-12)24-10-17(21)25-9-16(20)18-13-7-8-26(22,23)11-13/h3-6,13H,2,7-11H2,1H3,(H,18,20)/t13-/m0/s1. The lowest BCUT2D eigenvalue weighted by Crippen LogP contribution is -2.38. The summed E-state index contributed by atoms with van der Waals surface area (Å²) in [5.74, 6) is -0.913. The van der Waals surface area contributed by atoms with Crippen molar-refractivity contribution in [3.63, 3.8) is 0 Å². The molecule has 2 rings (SSSR count). The molecule has 1 aromatic rings. The lowest BCUT2D eigenvalue weighted by atomic mass is 10.1. The van der Waals surface area contributed by atoms with Gasteiger partial charge in [-0.25, -0.2) is 13.2 Å². The highest BCUT2D eigenvalue weighted by Crippen LogP contribution is 2.13. The minimum atomic E-state index is -3.09. The first-order chi connectivity index (χ1) is 12.3. The number of carbonyl (C=O) groups is 3. The molecule has 0 unspecified atom stereocenters. The topological polar surface area (TPSA) is 116 Å². The maximum atomic E-state index is 11.7. The zero-order chi connectivity index (χ0) is 19.2. The highest BCUT2D eigenvalue weighted by molar-refractivity contribution is 7.91. The van der Waals surface area contributed by atoms with Crippen LogP contribution in [-0.2, 0) is 24.2 Å². The molecule has 1 fully saturated rings. The molecule has 8 nitrogen and oxygen atoms in total. The van der Waals surface area contributed by atoms with Crippen LogP contribution in [0.1, 0.15) is 30.1 Å². The Morgan fingerprint density at radius 2 is 1.85 bits per heavy atom. The zero-order valence-corrected chi connectivity index (χ0v) is 15.2. The summed E-state index contributed by atoms with van der Waals surface area (Å²) in [5, 5.41) is 2.52. The highest BCUT2D eigenvalue weighted by atomic mass is 32.2. The third-order valence-electron chi connectivity index (χ3n) is 3.82. The van der Waals surface area contributed by atoms with Crippen LogP contribution in [0.2, 0.25) is 0 Å². The van der Waals surface area contributed by atoms with Crippen LogP contribution in [0.25, 0.3) is 0 Å². The molecular weight excluding hydrogens is 362 g/mol. The van der Waals surface area contributed by atoms with E-state index in [9.17, 15) is 22.8 Å². The van der Waals surface area contributed by atoms with Crippen LogP contribution in [0, 0.1) is 0 Å². The third kappa shape index (κ3) is 6.14. The van der Waals surface area contributed by atoms with Crippen molar-refractivity contribution in [1.29, 1.82) is 0 Å². The summed E-state index contributed by atoms with van der Waals surface area (Å²) in [6, 6.07) is 5.92. The van der Waals surface area contributed by atoms with Gasteiger partial charge in [-0.1, -0.05) is 6.92 Å². The number of ketones is 1. The molecule has 0 spiro atoms. The van der Waals surface area contributed by atoms with Gasteiger partial charge >= 0.3 is 5.97 Å². The van der Waals surface area contributed by atoms with E-state index in [4.69, 9.17) is 9.47 Å². The lowest BCUT2D eigenvalue weighted by molar-refractivity contribution is -0.150. The van der Waals surface area contributed by atoms with Gasteiger partial charge in [0.15, 0.2) is 28.8 Å². The Balaban J connectivity index is 1.68. The van der Waals surface area contributed by atoms with Crippen molar-refractivity contribution in [1.82, 2.24) is 5.32 Å². The van der Waals surface area contributed by atoms with Crippen LogP contribution < -0.4 is 10.1 Å². The van der Waals surface area contributed by atoms with Gasteiger partial charge in [0.25, 0.3) is 5.91 Å². The lowest BCUT2D eigenvalue weighted by Gasteiger charge is -2.11. The number of hydrogen-bond acceptors (Lipinski definition) is 7. The SMILES string of the molecule is CCC(=O)c1ccc(OCC(=O)OCC(=O)N[C@H]2CCS(=O)(=O)C2)cc1. The van der Waals surface area contributed by atoms with E-state index in [1.807, 2.05) is 0 Å². The normalized spacial score (nSPS) is 18.1. The molecule has 1 aromatic carbocycles. The number of benzene rings is 1. The van der Waals surface area contributed by atoms with Crippen molar-refractivity contribution in [3.05, 3.63) is 29.8 Å². The Bertz CT molecular complexity index is 771. The number of Topliss-reactive ketones (excluding diaryl/α,β-unsaturated/α-hetero) is 1. The molecule has 1 N–H and O–H groups in total. The van der Waals surface area contributed by atoms with Crippen LogP contribution in [0.5, 0.6) is 5.75 Å². The maximum absolute atomic E-state index is 11.7. The summed E-state index contributed by atoms with van der Waals surface area (Å²) >= 11 is 0. The summed E-state index contributed by atoms with van der Waals surface area (Å²) in [7, 11) is -3.09. The molecule has 1 heterocycles. The molecule has 142 valence electrons. The molecule has 26 heavy (non-hydrogen) atoms. The van der Waals surface area contributed by atoms with Gasteiger partial charge in [-0.05, 0) is 30.7 Å². The Morgan fingerprint density at radius 1 is 1.15 bits per heavy atom. The molecule has 0 bridgehead atoms. The fourth-order valence-corrected chi connectivity index (χ4v) is 4.12. The fraction of sp³-hybridized carbons (Fsp3) is 0.471. The van der Waals surface area contributed by atoms with E-state index in [1.165, 1.54) is 0 Å². The molecule has 1 saturated heterocycles. The van der Waals surface area contributed by atoms with Crippen molar-refractivity contribution in [2.75, 3.05) is 24.7 Å². The summed E-state index contributed by atoms with van der Waals surface area (Å²) < 4.78 is 32.6. The number of sulfone groups is 1. The molecule has 9 heteroatoms. The molecule has 1 atom stereocenters. The van der Waals surface area contributed by atoms with E-state index in [1.54, 1.807) is 31.2 Å². The van der Waals surface area contributed by atoms with Gasteiger partial charge in [-0.2, -0.15) is 0 Å². The molecule has 1 aliphatic heterocycles. The Morgan fingerprint density at radius 3 is 2.42 bits per heavy atom. The summed E-state index contributed by atoms with van der Waals surface area (Å²) in [4.78, 5) is 34.8. The van der Waals surface area contributed by atoms with Crippen molar-refractivity contribution in [3.8, 4) is 5.75 Å². The monoisotopic (exact) mass is 383 g/mol. The van der Waals surface area contributed by atoms with Crippen LogP contribution in [0.15, 0.2) is 24.3 Å². The Hall–Kier alpha value is -2.42. The first kappa shape index (κ1) is 19.9. The van der Waals surface area contributed by atoms with E-state index >= 15 is 0 Å². The molecule has 1 aliphatic rings. The van der Waals surface area contributed by atoms with Gasteiger partial charge in [0, 0.05) is 18.0 Å². The predicted molar refractivity (Wildman–Crippen MR) is 92.7 cm³/mol. The molecular formula is C17H21NO7S. The number of hydrogen-bond donors (Lipinski definition) is 1. The van der Waals surface area contributed by atoms with E-state index in [-0.39, 0.29) is 23.9 Å². The van der Waals surface area contributed by atoms with E-state index in [0.717, 1.165) is 0 Å². The number of nitrogens with one attached hydrogen (secondary N) is 1. The number of rotatable bonds is 8. The molecule has 0 aliphatic carbocycles. The summed E-state index contributed by atoms with van der Waals surface area (Å²) in [5.41, 5.74) is 0.563. The van der Waals surface area contributed by atoms with Crippen molar-refractivity contribution >= 4 is 27.5 Å². The second-order valence-electron chi connectivity index (χ2n) is 5.92. The van der Waals surface area contributed by atoms with E-state index in [0.29, 0.717) is 24.2 Å². The molecule has 0 aromatic heterocycles. The van der Waals surface area contributed by atoms with Gasteiger partial charge in [0.05, 0.1) is 11.5 Å². The fourth-order valence-electron chi connectivity index (χ4n) is 2.45. The van der Waals surface area contributed by atoms with Crippen molar-refractivity contribution in [2.24, 2.45) is 0 Å².